The topological polar surface area (TPSA) is 52.3 Å². The van der Waals surface area contributed by atoms with Crippen molar-refractivity contribution in [2.45, 2.75) is 52.1 Å². The van der Waals surface area contributed by atoms with Gasteiger partial charge in [0.15, 0.2) is 0 Å². The zero-order valence-corrected chi connectivity index (χ0v) is 8.71. The molecule has 0 saturated carbocycles. The molecule has 13 heavy (non-hydrogen) atoms. The van der Waals surface area contributed by atoms with Crippen molar-refractivity contribution in [3.63, 3.8) is 0 Å². The van der Waals surface area contributed by atoms with Gasteiger partial charge in [0.1, 0.15) is 6.10 Å². The second kappa shape index (κ2) is 8.05. The van der Waals surface area contributed by atoms with Crippen LogP contribution >= 0.6 is 0 Å². The molecule has 0 aliphatic rings. The molecule has 78 valence electrons. The smallest absolute Gasteiger partial charge is 0.307 e. The van der Waals surface area contributed by atoms with Crippen molar-refractivity contribution < 1.29 is 9.53 Å². The van der Waals surface area contributed by atoms with Crippen molar-refractivity contribution in [1.82, 2.24) is 0 Å². The Balaban J connectivity index is 3.62. The summed E-state index contributed by atoms with van der Waals surface area (Å²) in [7, 11) is 0. The van der Waals surface area contributed by atoms with E-state index in [2.05, 4.69) is 6.92 Å². The van der Waals surface area contributed by atoms with E-state index in [1.807, 2.05) is 6.92 Å². The Kier molecular flexibility index (Phi) is 7.69. The van der Waals surface area contributed by atoms with Crippen molar-refractivity contribution in [3.05, 3.63) is 0 Å². The number of hydrogen-bond donors (Lipinski definition) is 1. The van der Waals surface area contributed by atoms with Crippen LogP contribution in [0.2, 0.25) is 0 Å². The summed E-state index contributed by atoms with van der Waals surface area (Å²) in [5, 5.41) is 0. The molecule has 0 aromatic heterocycles. The monoisotopic (exact) mass is 187 g/mol. The molecule has 0 amide bonds. The summed E-state index contributed by atoms with van der Waals surface area (Å²) >= 11 is 0. The second-order valence-corrected chi connectivity index (χ2v) is 3.20. The first-order valence-corrected chi connectivity index (χ1v) is 5.14. The summed E-state index contributed by atoms with van der Waals surface area (Å²) in [5.74, 6) is -0.162. The van der Waals surface area contributed by atoms with Gasteiger partial charge in [-0.3, -0.25) is 4.79 Å². The molecule has 0 aromatic rings. The Labute approximate surface area is 80.6 Å². The van der Waals surface area contributed by atoms with E-state index >= 15 is 0 Å². The highest BCUT2D eigenvalue weighted by atomic mass is 16.5. The first kappa shape index (κ1) is 12.4. The van der Waals surface area contributed by atoms with E-state index in [4.69, 9.17) is 10.5 Å². The van der Waals surface area contributed by atoms with Crippen molar-refractivity contribution in [1.29, 1.82) is 0 Å². The fraction of sp³-hybridized carbons (Fsp3) is 0.900. The van der Waals surface area contributed by atoms with Crippen LogP contribution in [0.4, 0.5) is 0 Å². The minimum atomic E-state index is -0.162. The lowest BCUT2D eigenvalue weighted by atomic mass is 10.1. The number of carbonyl (C=O) groups excluding carboxylic acids is 1. The van der Waals surface area contributed by atoms with Crippen molar-refractivity contribution >= 4 is 5.97 Å². The van der Waals surface area contributed by atoms with Crippen LogP contribution in [0.3, 0.4) is 0 Å². The van der Waals surface area contributed by atoms with E-state index in [-0.39, 0.29) is 12.1 Å². The van der Waals surface area contributed by atoms with Gasteiger partial charge in [-0.15, -0.1) is 0 Å². The predicted octanol–water partition coefficient (Wildman–Crippen LogP) is 1.85. The molecule has 3 nitrogen and oxygen atoms in total. The SMILES string of the molecule is CCCCC(CC)OC(=O)CCN. The van der Waals surface area contributed by atoms with Gasteiger partial charge in [-0.25, -0.2) is 0 Å². The van der Waals surface area contributed by atoms with E-state index < -0.39 is 0 Å². The summed E-state index contributed by atoms with van der Waals surface area (Å²) in [4.78, 5) is 11.1. The molecule has 2 N–H and O–H groups in total. The maximum Gasteiger partial charge on any atom is 0.307 e. The van der Waals surface area contributed by atoms with Crippen molar-refractivity contribution in [2.75, 3.05) is 6.54 Å². The van der Waals surface area contributed by atoms with Gasteiger partial charge in [0.25, 0.3) is 0 Å². The Morgan fingerprint density at radius 3 is 2.62 bits per heavy atom. The standard InChI is InChI=1S/C10H21NO2/c1-3-5-6-9(4-2)13-10(12)7-8-11/h9H,3-8,11H2,1-2H3. The van der Waals surface area contributed by atoms with Crippen LogP contribution in [0, 0.1) is 0 Å². The van der Waals surface area contributed by atoms with Gasteiger partial charge in [-0.2, -0.15) is 0 Å². The molecule has 0 bridgehead atoms. The summed E-state index contributed by atoms with van der Waals surface area (Å²) in [6.07, 6.45) is 4.57. The van der Waals surface area contributed by atoms with E-state index in [0.29, 0.717) is 13.0 Å². The molecular formula is C10H21NO2. The fourth-order valence-electron chi connectivity index (χ4n) is 1.14. The number of unbranched alkanes of at least 4 members (excludes halogenated alkanes) is 1. The number of nitrogens with two attached hydrogens (primary N) is 1. The van der Waals surface area contributed by atoms with Gasteiger partial charge in [0, 0.05) is 6.54 Å². The van der Waals surface area contributed by atoms with Gasteiger partial charge >= 0.3 is 5.97 Å². The Bertz CT molecular complexity index is 137. The Morgan fingerprint density at radius 1 is 1.46 bits per heavy atom. The maximum atomic E-state index is 11.1. The molecule has 0 fully saturated rings. The van der Waals surface area contributed by atoms with Gasteiger partial charge < -0.3 is 10.5 Å². The molecule has 0 rings (SSSR count). The number of hydrogen-bond acceptors (Lipinski definition) is 3. The van der Waals surface area contributed by atoms with E-state index in [9.17, 15) is 4.79 Å². The first-order chi connectivity index (χ1) is 6.24. The largest absolute Gasteiger partial charge is 0.462 e. The van der Waals surface area contributed by atoms with Crippen LogP contribution in [0.1, 0.15) is 46.0 Å². The number of rotatable bonds is 7. The van der Waals surface area contributed by atoms with E-state index in [1.165, 1.54) is 0 Å². The summed E-state index contributed by atoms with van der Waals surface area (Å²) in [6.45, 7) is 4.55. The molecule has 0 aliphatic heterocycles. The number of esters is 1. The highest BCUT2D eigenvalue weighted by Gasteiger charge is 2.10. The lowest BCUT2D eigenvalue weighted by Gasteiger charge is -2.15. The van der Waals surface area contributed by atoms with Gasteiger partial charge in [0.2, 0.25) is 0 Å². The predicted molar refractivity (Wildman–Crippen MR) is 53.4 cm³/mol. The number of ether oxygens (including phenoxy) is 1. The minimum Gasteiger partial charge on any atom is -0.462 e. The van der Waals surface area contributed by atoms with Crippen LogP contribution in [-0.2, 0) is 9.53 Å². The third kappa shape index (κ3) is 6.58. The van der Waals surface area contributed by atoms with Gasteiger partial charge in [-0.05, 0) is 12.8 Å². The van der Waals surface area contributed by atoms with Crippen LogP contribution in [-0.4, -0.2) is 18.6 Å². The fourth-order valence-corrected chi connectivity index (χ4v) is 1.14. The average Bonchev–Trinajstić information content (AvgIpc) is 2.12. The van der Waals surface area contributed by atoms with E-state index in [1.54, 1.807) is 0 Å². The normalized spacial score (nSPS) is 12.5. The molecule has 0 spiro atoms. The maximum absolute atomic E-state index is 11.1. The molecule has 0 aliphatic carbocycles. The quantitative estimate of drug-likeness (QED) is 0.619. The molecule has 3 heteroatoms. The molecule has 1 atom stereocenters. The average molecular weight is 187 g/mol. The van der Waals surface area contributed by atoms with Gasteiger partial charge in [-0.1, -0.05) is 26.7 Å². The molecule has 0 radical (unpaired) electrons. The zero-order valence-electron chi connectivity index (χ0n) is 8.71. The van der Waals surface area contributed by atoms with Crippen molar-refractivity contribution in [2.24, 2.45) is 5.73 Å². The third-order valence-corrected chi connectivity index (χ3v) is 1.98. The summed E-state index contributed by atoms with van der Waals surface area (Å²) in [5.41, 5.74) is 5.25. The molecule has 1 unspecified atom stereocenters. The number of carbonyl (C=O) groups is 1. The summed E-state index contributed by atoms with van der Waals surface area (Å²) < 4.78 is 5.22. The third-order valence-electron chi connectivity index (χ3n) is 1.98. The van der Waals surface area contributed by atoms with Crippen LogP contribution in [0.15, 0.2) is 0 Å². The lowest BCUT2D eigenvalue weighted by Crippen LogP contribution is -2.19. The van der Waals surface area contributed by atoms with E-state index in [0.717, 1.165) is 25.7 Å². The minimum absolute atomic E-state index is 0.0963. The second-order valence-electron chi connectivity index (χ2n) is 3.20. The van der Waals surface area contributed by atoms with Crippen molar-refractivity contribution in [3.8, 4) is 0 Å². The zero-order chi connectivity index (χ0) is 10.1. The van der Waals surface area contributed by atoms with Crippen LogP contribution < -0.4 is 5.73 Å². The molecular weight excluding hydrogens is 166 g/mol. The summed E-state index contributed by atoms with van der Waals surface area (Å²) in [6, 6.07) is 0. The lowest BCUT2D eigenvalue weighted by molar-refractivity contribution is -0.149. The molecule has 0 heterocycles. The Hall–Kier alpha value is -0.570. The highest BCUT2D eigenvalue weighted by molar-refractivity contribution is 5.69. The Morgan fingerprint density at radius 2 is 2.15 bits per heavy atom. The first-order valence-electron chi connectivity index (χ1n) is 5.14. The van der Waals surface area contributed by atoms with Crippen LogP contribution in [0.5, 0.6) is 0 Å². The highest BCUT2D eigenvalue weighted by Crippen LogP contribution is 2.09. The van der Waals surface area contributed by atoms with Gasteiger partial charge in [0.05, 0.1) is 6.42 Å². The molecule has 0 saturated heterocycles. The molecule has 0 aromatic carbocycles. The van der Waals surface area contributed by atoms with Crippen LogP contribution in [0.25, 0.3) is 0 Å².